The van der Waals surface area contributed by atoms with Gasteiger partial charge in [0.1, 0.15) is 11.7 Å². The number of piperidine rings is 1. The van der Waals surface area contributed by atoms with Crippen LogP contribution in [0, 0.1) is 11.7 Å². The molecule has 172 valence electrons. The lowest BCUT2D eigenvalue weighted by atomic mass is 9.88. The van der Waals surface area contributed by atoms with Crippen molar-refractivity contribution in [3.8, 4) is 5.75 Å². The summed E-state index contributed by atoms with van der Waals surface area (Å²) in [6, 6.07) is 2.88. The van der Waals surface area contributed by atoms with E-state index in [9.17, 15) is 14.0 Å². The molecule has 2 atom stereocenters. The SMILES string of the molecule is COC(=O)c1cc(F)c2c(c1)N(C(C)C1CCN(C(=O)OC(C)(C)C)CC1)C[C@@H](C)O2. The highest BCUT2D eigenvalue weighted by Gasteiger charge is 2.36. The molecule has 0 radical (unpaired) electrons. The molecule has 31 heavy (non-hydrogen) atoms. The summed E-state index contributed by atoms with van der Waals surface area (Å²) in [5, 5.41) is 0. The molecule has 1 fully saturated rings. The second-order valence-corrected chi connectivity index (χ2v) is 9.42. The number of benzene rings is 1. The highest BCUT2D eigenvalue weighted by molar-refractivity contribution is 5.91. The minimum absolute atomic E-state index is 0.0817. The van der Waals surface area contributed by atoms with Crippen LogP contribution in [0.25, 0.3) is 0 Å². The molecule has 0 saturated carbocycles. The third-order valence-electron chi connectivity index (χ3n) is 5.89. The molecule has 0 aromatic heterocycles. The molecule has 0 aliphatic carbocycles. The van der Waals surface area contributed by atoms with Crippen molar-refractivity contribution in [3.63, 3.8) is 0 Å². The lowest BCUT2D eigenvalue weighted by molar-refractivity contribution is 0.0174. The average Bonchev–Trinajstić information content (AvgIpc) is 2.71. The number of methoxy groups -OCH3 is 1. The summed E-state index contributed by atoms with van der Waals surface area (Å²) in [7, 11) is 1.27. The first kappa shape index (κ1) is 23.2. The third kappa shape index (κ3) is 5.22. The van der Waals surface area contributed by atoms with Gasteiger partial charge >= 0.3 is 12.1 Å². The Labute approximate surface area is 183 Å². The second kappa shape index (κ2) is 8.93. The summed E-state index contributed by atoms with van der Waals surface area (Å²) in [6.07, 6.45) is 1.17. The molecule has 0 N–H and O–H groups in total. The van der Waals surface area contributed by atoms with Gasteiger partial charge in [0.15, 0.2) is 11.6 Å². The van der Waals surface area contributed by atoms with Crippen LogP contribution in [0.1, 0.15) is 57.8 Å². The molecule has 1 unspecified atom stereocenters. The molecule has 2 aliphatic heterocycles. The number of halogens is 1. The molecule has 1 aromatic carbocycles. The Morgan fingerprint density at radius 3 is 2.45 bits per heavy atom. The van der Waals surface area contributed by atoms with E-state index in [1.54, 1.807) is 11.0 Å². The number of ether oxygens (including phenoxy) is 3. The predicted molar refractivity (Wildman–Crippen MR) is 115 cm³/mol. The smallest absolute Gasteiger partial charge is 0.410 e. The van der Waals surface area contributed by atoms with Gasteiger partial charge in [0, 0.05) is 19.1 Å². The van der Waals surface area contributed by atoms with Crippen LogP contribution in [0.4, 0.5) is 14.9 Å². The van der Waals surface area contributed by atoms with Crippen LogP contribution in [0.15, 0.2) is 12.1 Å². The van der Waals surface area contributed by atoms with E-state index in [-0.39, 0.29) is 29.6 Å². The number of rotatable bonds is 3. The molecule has 2 aliphatic rings. The zero-order valence-electron chi connectivity index (χ0n) is 19.2. The van der Waals surface area contributed by atoms with Gasteiger partial charge in [0.2, 0.25) is 0 Å². The van der Waals surface area contributed by atoms with E-state index in [1.807, 2.05) is 27.7 Å². The van der Waals surface area contributed by atoms with Crippen molar-refractivity contribution < 1.29 is 28.2 Å². The molecule has 1 saturated heterocycles. The van der Waals surface area contributed by atoms with Crippen molar-refractivity contribution in [2.45, 2.75) is 65.2 Å². The second-order valence-electron chi connectivity index (χ2n) is 9.42. The highest BCUT2D eigenvalue weighted by Crippen LogP contribution is 2.40. The number of carbonyl (C=O) groups is 2. The maximum Gasteiger partial charge on any atom is 0.410 e. The standard InChI is InChI=1S/C23H33FN2O5/c1-14-13-26(19-12-17(21(27)29-6)11-18(24)20(19)30-14)15(2)16-7-9-25(10-8-16)22(28)31-23(3,4)5/h11-12,14-16H,7-10,13H2,1-6H3/t14-,15?/m1/s1. The number of hydrogen-bond donors (Lipinski definition) is 0. The predicted octanol–water partition coefficient (Wildman–Crippen LogP) is 4.24. The number of amides is 1. The zero-order valence-corrected chi connectivity index (χ0v) is 19.2. The van der Waals surface area contributed by atoms with Crippen molar-refractivity contribution in [2.24, 2.45) is 5.92 Å². The summed E-state index contributed by atoms with van der Waals surface area (Å²) < 4.78 is 30.7. The van der Waals surface area contributed by atoms with Gasteiger partial charge < -0.3 is 24.0 Å². The summed E-state index contributed by atoms with van der Waals surface area (Å²) in [5.41, 5.74) is 0.213. The van der Waals surface area contributed by atoms with Gasteiger partial charge in [0.05, 0.1) is 24.9 Å². The Bertz CT molecular complexity index is 830. The third-order valence-corrected chi connectivity index (χ3v) is 5.89. The molecule has 2 heterocycles. The van der Waals surface area contributed by atoms with Gasteiger partial charge in [-0.05, 0) is 65.5 Å². The number of esters is 1. The Morgan fingerprint density at radius 2 is 1.87 bits per heavy atom. The molecule has 1 amide bonds. The normalized spacial score (nSPS) is 20.5. The van der Waals surface area contributed by atoms with Crippen LogP contribution in [0.3, 0.4) is 0 Å². The number of nitrogens with zero attached hydrogens (tertiary/aromatic N) is 2. The fourth-order valence-electron chi connectivity index (χ4n) is 4.29. The maximum atomic E-state index is 14.7. The Hall–Kier alpha value is -2.51. The van der Waals surface area contributed by atoms with E-state index in [0.29, 0.717) is 31.2 Å². The van der Waals surface area contributed by atoms with Crippen molar-refractivity contribution >= 4 is 17.7 Å². The molecular weight excluding hydrogens is 403 g/mol. The van der Waals surface area contributed by atoms with Crippen LogP contribution >= 0.6 is 0 Å². The Balaban J connectivity index is 1.76. The number of fused-ring (bicyclic) bond motifs is 1. The van der Waals surface area contributed by atoms with Gasteiger partial charge in [0.25, 0.3) is 0 Å². The first-order valence-electron chi connectivity index (χ1n) is 10.8. The Morgan fingerprint density at radius 1 is 1.23 bits per heavy atom. The Kier molecular flexibility index (Phi) is 6.67. The minimum Gasteiger partial charge on any atom is -0.484 e. The molecule has 1 aromatic rings. The van der Waals surface area contributed by atoms with Gasteiger partial charge in [-0.15, -0.1) is 0 Å². The van der Waals surface area contributed by atoms with Crippen LogP contribution in [-0.2, 0) is 9.47 Å². The van der Waals surface area contributed by atoms with Crippen LogP contribution in [0.5, 0.6) is 5.75 Å². The average molecular weight is 437 g/mol. The summed E-state index contributed by atoms with van der Waals surface area (Å²) in [4.78, 5) is 28.2. The summed E-state index contributed by atoms with van der Waals surface area (Å²) in [6.45, 7) is 11.4. The van der Waals surface area contributed by atoms with Crippen molar-refractivity contribution in [2.75, 3.05) is 31.6 Å². The van der Waals surface area contributed by atoms with Crippen LogP contribution < -0.4 is 9.64 Å². The first-order chi connectivity index (χ1) is 14.5. The largest absolute Gasteiger partial charge is 0.484 e. The molecule has 7 nitrogen and oxygen atoms in total. The van der Waals surface area contributed by atoms with Gasteiger partial charge in [-0.3, -0.25) is 0 Å². The van der Waals surface area contributed by atoms with E-state index in [1.165, 1.54) is 7.11 Å². The fraction of sp³-hybridized carbons (Fsp3) is 0.652. The van der Waals surface area contributed by atoms with E-state index >= 15 is 0 Å². The first-order valence-corrected chi connectivity index (χ1v) is 10.8. The number of hydrogen-bond acceptors (Lipinski definition) is 6. The van der Waals surface area contributed by atoms with Gasteiger partial charge in [-0.1, -0.05) is 0 Å². The lowest BCUT2D eigenvalue weighted by Crippen LogP contribution is -2.50. The minimum atomic E-state index is -0.585. The highest BCUT2D eigenvalue weighted by atomic mass is 19.1. The number of carbonyl (C=O) groups excluding carboxylic acids is 2. The zero-order chi connectivity index (χ0) is 22.9. The molecule has 0 spiro atoms. The molecular formula is C23H33FN2O5. The molecule has 8 heteroatoms. The van der Waals surface area contributed by atoms with E-state index in [2.05, 4.69) is 11.8 Å². The van der Waals surface area contributed by atoms with E-state index in [0.717, 1.165) is 18.9 Å². The molecule has 0 bridgehead atoms. The summed E-state index contributed by atoms with van der Waals surface area (Å²) >= 11 is 0. The van der Waals surface area contributed by atoms with Gasteiger partial charge in [-0.25, -0.2) is 14.0 Å². The topological polar surface area (TPSA) is 68.3 Å². The van der Waals surface area contributed by atoms with Crippen molar-refractivity contribution in [3.05, 3.63) is 23.5 Å². The monoisotopic (exact) mass is 436 g/mol. The fourth-order valence-corrected chi connectivity index (χ4v) is 4.29. The molecule has 3 rings (SSSR count). The van der Waals surface area contributed by atoms with Crippen molar-refractivity contribution in [1.29, 1.82) is 0 Å². The van der Waals surface area contributed by atoms with Crippen molar-refractivity contribution in [1.82, 2.24) is 4.90 Å². The maximum absolute atomic E-state index is 14.7. The van der Waals surface area contributed by atoms with Gasteiger partial charge in [-0.2, -0.15) is 0 Å². The van der Waals surface area contributed by atoms with Crippen LogP contribution in [0.2, 0.25) is 0 Å². The quantitative estimate of drug-likeness (QED) is 0.661. The summed E-state index contributed by atoms with van der Waals surface area (Å²) in [5.74, 6) is -0.675. The van der Waals surface area contributed by atoms with Crippen LogP contribution in [-0.4, -0.2) is 61.5 Å². The van der Waals surface area contributed by atoms with E-state index in [4.69, 9.17) is 14.2 Å². The number of likely N-dealkylation sites (tertiary alicyclic amines) is 1. The van der Waals surface area contributed by atoms with E-state index < -0.39 is 17.4 Å². The lowest BCUT2D eigenvalue weighted by Gasteiger charge is -2.44. The number of anilines is 1.